The number of halogens is 1. The number of benzene rings is 2. The summed E-state index contributed by atoms with van der Waals surface area (Å²) in [6.45, 7) is 6.05. The van der Waals surface area contributed by atoms with E-state index in [4.69, 9.17) is 4.74 Å². The van der Waals surface area contributed by atoms with Crippen LogP contribution in [-0.2, 0) is 4.79 Å². The monoisotopic (exact) mass is 347 g/mol. The van der Waals surface area contributed by atoms with E-state index in [0.717, 1.165) is 21.3 Å². The second-order valence-electron chi connectivity index (χ2n) is 5.07. The SMILES string of the molecule is Cc1ccc(NC(=O)COc2ccc(C)c(C)c2)c(Br)c1. The van der Waals surface area contributed by atoms with Gasteiger partial charge in [-0.2, -0.15) is 0 Å². The summed E-state index contributed by atoms with van der Waals surface area (Å²) in [5.74, 6) is 0.522. The van der Waals surface area contributed by atoms with E-state index >= 15 is 0 Å². The minimum Gasteiger partial charge on any atom is -0.484 e. The highest BCUT2D eigenvalue weighted by atomic mass is 79.9. The second-order valence-corrected chi connectivity index (χ2v) is 5.92. The number of hydrogen-bond donors (Lipinski definition) is 1. The normalized spacial score (nSPS) is 10.3. The maximum atomic E-state index is 11.9. The molecule has 21 heavy (non-hydrogen) atoms. The van der Waals surface area contributed by atoms with Crippen LogP contribution in [0, 0.1) is 20.8 Å². The number of carbonyl (C=O) groups is 1. The van der Waals surface area contributed by atoms with Crippen molar-refractivity contribution in [1.29, 1.82) is 0 Å². The Morgan fingerprint density at radius 2 is 1.86 bits per heavy atom. The van der Waals surface area contributed by atoms with Crippen molar-refractivity contribution in [2.45, 2.75) is 20.8 Å². The minimum atomic E-state index is -0.183. The number of carbonyl (C=O) groups excluding carboxylic acids is 1. The first kappa shape index (κ1) is 15.6. The van der Waals surface area contributed by atoms with E-state index in [1.54, 1.807) is 0 Å². The van der Waals surface area contributed by atoms with Gasteiger partial charge in [0.25, 0.3) is 5.91 Å². The lowest BCUT2D eigenvalue weighted by molar-refractivity contribution is -0.118. The van der Waals surface area contributed by atoms with E-state index < -0.39 is 0 Å². The summed E-state index contributed by atoms with van der Waals surface area (Å²) in [6, 6.07) is 11.6. The van der Waals surface area contributed by atoms with E-state index in [1.165, 1.54) is 5.56 Å². The summed E-state index contributed by atoms with van der Waals surface area (Å²) in [5.41, 5.74) is 4.23. The maximum Gasteiger partial charge on any atom is 0.262 e. The van der Waals surface area contributed by atoms with E-state index in [0.29, 0.717) is 5.75 Å². The Morgan fingerprint density at radius 3 is 2.52 bits per heavy atom. The van der Waals surface area contributed by atoms with Gasteiger partial charge in [-0.15, -0.1) is 0 Å². The maximum absolute atomic E-state index is 11.9. The minimum absolute atomic E-state index is 0.0111. The molecule has 2 rings (SSSR count). The van der Waals surface area contributed by atoms with Crippen LogP contribution in [0.3, 0.4) is 0 Å². The molecule has 0 aliphatic heterocycles. The summed E-state index contributed by atoms with van der Waals surface area (Å²) in [4.78, 5) is 11.9. The third kappa shape index (κ3) is 4.33. The fourth-order valence-corrected chi connectivity index (χ4v) is 2.45. The number of rotatable bonds is 4. The van der Waals surface area contributed by atoms with E-state index in [-0.39, 0.29) is 12.5 Å². The molecule has 0 spiro atoms. The molecule has 0 aromatic heterocycles. The Kier molecular flexibility index (Phi) is 5.02. The standard InChI is InChI=1S/C17H18BrNO2/c1-11-4-7-16(15(18)8-11)19-17(20)10-21-14-6-5-12(2)13(3)9-14/h4-9H,10H2,1-3H3,(H,19,20). The molecule has 0 bridgehead atoms. The predicted octanol–water partition coefficient (Wildman–Crippen LogP) is 4.39. The van der Waals surface area contributed by atoms with Crippen LogP contribution in [0.2, 0.25) is 0 Å². The highest BCUT2D eigenvalue weighted by Gasteiger charge is 2.07. The zero-order valence-electron chi connectivity index (χ0n) is 12.4. The zero-order valence-corrected chi connectivity index (χ0v) is 14.0. The third-order valence-corrected chi connectivity index (χ3v) is 3.90. The molecular formula is C17H18BrNO2. The van der Waals surface area contributed by atoms with Crippen molar-refractivity contribution < 1.29 is 9.53 Å². The third-order valence-electron chi connectivity index (χ3n) is 3.25. The molecule has 0 fully saturated rings. The van der Waals surface area contributed by atoms with Gasteiger partial charge in [0, 0.05) is 4.47 Å². The van der Waals surface area contributed by atoms with Crippen LogP contribution in [0.1, 0.15) is 16.7 Å². The lowest BCUT2D eigenvalue weighted by Gasteiger charge is -2.10. The van der Waals surface area contributed by atoms with Gasteiger partial charge in [0.2, 0.25) is 0 Å². The molecule has 0 aliphatic carbocycles. The van der Waals surface area contributed by atoms with Crippen molar-refractivity contribution in [3.8, 4) is 5.75 Å². The highest BCUT2D eigenvalue weighted by Crippen LogP contribution is 2.23. The molecule has 0 aliphatic rings. The van der Waals surface area contributed by atoms with Crippen LogP contribution in [0.5, 0.6) is 5.75 Å². The molecule has 0 radical (unpaired) electrons. The second kappa shape index (κ2) is 6.76. The summed E-state index contributed by atoms with van der Waals surface area (Å²) in [5, 5.41) is 2.82. The Bertz CT molecular complexity index is 668. The fraction of sp³-hybridized carbons (Fsp3) is 0.235. The Balaban J connectivity index is 1.94. The molecule has 3 nitrogen and oxygen atoms in total. The number of anilines is 1. The van der Waals surface area contributed by atoms with Crippen LogP contribution >= 0.6 is 15.9 Å². The average molecular weight is 348 g/mol. The Morgan fingerprint density at radius 1 is 1.10 bits per heavy atom. The van der Waals surface area contributed by atoms with Gasteiger partial charge in [-0.25, -0.2) is 0 Å². The zero-order chi connectivity index (χ0) is 15.4. The summed E-state index contributed by atoms with van der Waals surface area (Å²) in [7, 11) is 0. The number of ether oxygens (including phenoxy) is 1. The van der Waals surface area contributed by atoms with Crippen molar-refractivity contribution in [2.75, 3.05) is 11.9 Å². The van der Waals surface area contributed by atoms with Crippen molar-refractivity contribution >= 4 is 27.5 Å². The van der Waals surface area contributed by atoms with Crippen LogP contribution < -0.4 is 10.1 Å². The topological polar surface area (TPSA) is 38.3 Å². The largest absolute Gasteiger partial charge is 0.484 e. The van der Waals surface area contributed by atoms with Crippen LogP contribution in [0.15, 0.2) is 40.9 Å². The van der Waals surface area contributed by atoms with Gasteiger partial charge in [0.1, 0.15) is 5.75 Å². The van der Waals surface area contributed by atoms with Crippen molar-refractivity contribution in [3.05, 3.63) is 57.6 Å². The smallest absolute Gasteiger partial charge is 0.262 e. The average Bonchev–Trinajstić information content (AvgIpc) is 2.43. The molecule has 4 heteroatoms. The molecular weight excluding hydrogens is 330 g/mol. The highest BCUT2D eigenvalue weighted by molar-refractivity contribution is 9.10. The molecule has 1 amide bonds. The van der Waals surface area contributed by atoms with E-state index in [2.05, 4.69) is 21.2 Å². The van der Waals surface area contributed by atoms with E-state index in [1.807, 2.05) is 57.2 Å². The summed E-state index contributed by atoms with van der Waals surface area (Å²) < 4.78 is 6.38. The lowest BCUT2D eigenvalue weighted by atomic mass is 10.1. The van der Waals surface area contributed by atoms with E-state index in [9.17, 15) is 4.79 Å². The molecule has 0 atom stereocenters. The molecule has 110 valence electrons. The molecule has 0 unspecified atom stereocenters. The fourth-order valence-electron chi connectivity index (χ4n) is 1.86. The first-order chi connectivity index (χ1) is 9.95. The summed E-state index contributed by atoms with van der Waals surface area (Å²) >= 11 is 3.43. The number of nitrogens with one attached hydrogen (secondary N) is 1. The van der Waals surface area contributed by atoms with Crippen LogP contribution in [0.25, 0.3) is 0 Å². The van der Waals surface area contributed by atoms with Crippen LogP contribution in [0.4, 0.5) is 5.69 Å². The molecule has 0 heterocycles. The van der Waals surface area contributed by atoms with Gasteiger partial charge in [-0.1, -0.05) is 12.1 Å². The summed E-state index contributed by atoms with van der Waals surface area (Å²) in [6.07, 6.45) is 0. The van der Waals surface area contributed by atoms with Crippen molar-refractivity contribution in [3.63, 3.8) is 0 Å². The van der Waals surface area contributed by atoms with Gasteiger partial charge in [-0.3, -0.25) is 4.79 Å². The Labute approximate surface area is 133 Å². The molecule has 2 aromatic rings. The molecule has 0 saturated carbocycles. The van der Waals surface area contributed by atoms with Gasteiger partial charge in [0.05, 0.1) is 5.69 Å². The van der Waals surface area contributed by atoms with Crippen molar-refractivity contribution in [2.24, 2.45) is 0 Å². The van der Waals surface area contributed by atoms with Gasteiger partial charge >= 0.3 is 0 Å². The number of aryl methyl sites for hydroxylation is 3. The van der Waals surface area contributed by atoms with Gasteiger partial charge in [0.15, 0.2) is 6.61 Å². The van der Waals surface area contributed by atoms with Crippen molar-refractivity contribution in [1.82, 2.24) is 0 Å². The quantitative estimate of drug-likeness (QED) is 0.890. The van der Waals surface area contributed by atoms with Gasteiger partial charge in [-0.05, 0) is 77.7 Å². The number of amides is 1. The van der Waals surface area contributed by atoms with Gasteiger partial charge < -0.3 is 10.1 Å². The molecule has 2 aromatic carbocycles. The lowest BCUT2D eigenvalue weighted by Crippen LogP contribution is -2.20. The Hall–Kier alpha value is -1.81. The first-order valence-electron chi connectivity index (χ1n) is 6.72. The first-order valence-corrected chi connectivity index (χ1v) is 7.51. The molecule has 1 N–H and O–H groups in total. The van der Waals surface area contributed by atoms with Crippen LogP contribution in [-0.4, -0.2) is 12.5 Å². The number of hydrogen-bond acceptors (Lipinski definition) is 2. The molecule has 0 saturated heterocycles. The predicted molar refractivity (Wildman–Crippen MR) is 88.9 cm³/mol.